The number of hydrogen-bond acceptors (Lipinski definition) is 4. The maximum Gasteiger partial charge on any atom is 0.224 e. The van der Waals surface area contributed by atoms with E-state index < -0.39 is 0 Å². The number of ether oxygens (including phenoxy) is 2. The van der Waals surface area contributed by atoms with Gasteiger partial charge in [0, 0.05) is 10.9 Å². The topological polar surface area (TPSA) is 44.2 Å². The van der Waals surface area contributed by atoms with Crippen LogP contribution in [0.15, 0.2) is 59.3 Å². The molecule has 0 atom stereocenters. The molecule has 22 heavy (non-hydrogen) atoms. The number of halogens is 1. The van der Waals surface area contributed by atoms with Gasteiger partial charge in [0.1, 0.15) is 12.1 Å². The van der Waals surface area contributed by atoms with Crippen molar-refractivity contribution < 1.29 is 9.47 Å². The van der Waals surface area contributed by atoms with E-state index in [1.165, 1.54) is 6.33 Å². The average Bonchev–Trinajstić information content (AvgIpc) is 2.56. The van der Waals surface area contributed by atoms with Gasteiger partial charge in [-0.2, -0.15) is 0 Å². The van der Waals surface area contributed by atoms with E-state index in [0.717, 1.165) is 27.5 Å². The highest BCUT2D eigenvalue weighted by molar-refractivity contribution is 9.10. The smallest absolute Gasteiger partial charge is 0.224 e. The lowest BCUT2D eigenvalue weighted by Crippen LogP contribution is -2.06. The van der Waals surface area contributed by atoms with Crippen LogP contribution in [0.5, 0.6) is 11.6 Å². The quantitative estimate of drug-likeness (QED) is 0.618. The molecule has 0 fully saturated rings. The molecule has 0 aliphatic carbocycles. The molecule has 112 valence electrons. The number of benzene rings is 2. The average molecular weight is 359 g/mol. The number of fused-ring (bicyclic) bond motifs is 1. The molecule has 4 nitrogen and oxygen atoms in total. The molecule has 2 aromatic carbocycles. The third-order valence-corrected chi connectivity index (χ3v) is 3.64. The maximum absolute atomic E-state index is 5.74. The summed E-state index contributed by atoms with van der Waals surface area (Å²) >= 11 is 3.40. The Hall–Kier alpha value is -2.14. The highest BCUT2D eigenvalue weighted by Gasteiger charge is 2.03. The molecule has 0 spiro atoms. The molecule has 0 saturated carbocycles. The molecule has 1 heterocycles. The van der Waals surface area contributed by atoms with Gasteiger partial charge in [0.2, 0.25) is 5.88 Å². The van der Waals surface area contributed by atoms with Crippen molar-refractivity contribution in [3.05, 3.63) is 59.3 Å². The summed E-state index contributed by atoms with van der Waals surface area (Å²) in [7, 11) is 0. The van der Waals surface area contributed by atoms with Crippen LogP contribution < -0.4 is 9.47 Å². The van der Waals surface area contributed by atoms with Crippen molar-refractivity contribution in [3.8, 4) is 11.6 Å². The summed E-state index contributed by atoms with van der Waals surface area (Å²) in [6.07, 6.45) is 2.31. The Morgan fingerprint density at radius 3 is 2.50 bits per heavy atom. The van der Waals surface area contributed by atoms with E-state index in [1.54, 1.807) is 0 Å². The minimum Gasteiger partial charge on any atom is -0.493 e. The predicted molar refractivity (Wildman–Crippen MR) is 89.3 cm³/mol. The van der Waals surface area contributed by atoms with Crippen molar-refractivity contribution in [3.63, 3.8) is 0 Å². The number of hydrogen-bond donors (Lipinski definition) is 0. The summed E-state index contributed by atoms with van der Waals surface area (Å²) in [5.74, 6) is 1.48. The molecule has 3 aromatic rings. The number of aromatic nitrogens is 2. The Balaban J connectivity index is 1.49. The lowest BCUT2D eigenvalue weighted by molar-refractivity contribution is 0.244. The van der Waals surface area contributed by atoms with Crippen LogP contribution in [0, 0.1) is 0 Å². The summed E-state index contributed by atoms with van der Waals surface area (Å²) in [5, 5.41) is 0.929. The lowest BCUT2D eigenvalue weighted by atomic mass is 10.2. The summed E-state index contributed by atoms with van der Waals surface area (Å²) in [6, 6.07) is 15.6. The summed E-state index contributed by atoms with van der Waals surface area (Å²) in [5.41, 5.74) is 0.888. The van der Waals surface area contributed by atoms with Crippen molar-refractivity contribution in [2.45, 2.75) is 6.42 Å². The van der Waals surface area contributed by atoms with Gasteiger partial charge in [-0.25, -0.2) is 9.97 Å². The zero-order valence-electron chi connectivity index (χ0n) is 11.9. The maximum atomic E-state index is 5.74. The van der Waals surface area contributed by atoms with E-state index in [1.807, 2.05) is 48.5 Å². The fourth-order valence-electron chi connectivity index (χ4n) is 2.04. The van der Waals surface area contributed by atoms with Crippen molar-refractivity contribution in [2.24, 2.45) is 0 Å². The molecule has 0 N–H and O–H groups in total. The van der Waals surface area contributed by atoms with Gasteiger partial charge in [0.15, 0.2) is 0 Å². The Morgan fingerprint density at radius 2 is 1.64 bits per heavy atom. The first-order chi connectivity index (χ1) is 10.8. The minimum atomic E-state index is 0.553. The van der Waals surface area contributed by atoms with Crippen LogP contribution in [0.25, 0.3) is 10.9 Å². The first-order valence-electron chi connectivity index (χ1n) is 7.04. The molecule has 0 bridgehead atoms. The molecular formula is C17H15BrN2O2. The van der Waals surface area contributed by atoms with E-state index in [4.69, 9.17) is 9.47 Å². The third kappa shape index (κ3) is 3.74. The van der Waals surface area contributed by atoms with Crippen molar-refractivity contribution in [2.75, 3.05) is 13.2 Å². The first kappa shape index (κ1) is 14.8. The molecule has 1 aromatic heterocycles. The summed E-state index contributed by atoms with van der Waals surface area (Å²) in [6.45, 7) is 1.15. The predicted octanol–water partition coefficient (Wildman–Crippen LogP) is 4.24. The SMILES string of the molecule is Brc1ccc(OCCCOc2ncnc3ccccc23)cc1. The monoisotopic (exact) mass is 358 g/mol. The van der Waals surface area contributed by atoms with Crippen LogP contribution in [0.3, 0.4) is 0 Å². The molecule has 0 saturated heterocycles. The van der Waals surface area contributed by atoms with Crippen molar-refractivity contribution in [1.82, 2.24) is 9.97 Å². The summed E-state index contributed by atoms with van der Waals surface area (Å²) in [4.78, 5) is 8.41. The Morgan fingerprint density at radius 1 is 0.864 bits per heavy atom. The Bertz CT molecular complexity index is 742. The molecule has 0 unspecified atom stereocenters. The van der Waals surface area contributed by atoms with Gasteiger partial charge >= 0.3 is 0 Å². The fourth-order valence-corrected chi connectivity index (χ4v) is 2.31. The molecule has 0 amide bonds. The Labute approximate surface area is 137 Å². The van der Waals surface area contributed by atoms with E-state index >= 15 is 0 Å². The highest BCUT2D eigenvalue weighted by Crippen LogP contribution is 2.20. The van der Waals surface area contributed by atoms with Crippen LogP contribution in [0.4, 0.5) is 0 Å². The van der Waals surface area contributed by atoms with Gasteiger partial charge in [-0.05, 0) is 36.4 Å². The summed E-state index contributed by atoms with van der Waals surface area (Å²) < 4.78 is 12.4. The van der Waals surface area contributed by atoms with Crippen LogP contribution in [0.2, 0.25) is 0 Å². The standard InChI is InChI=1S/C17H15BrN2O2/c18-13-6-8-14(9-7-13)21-10-3-11-22-17-15-4-1-2-5-16(15)19-12-20-17/h1-2,4-9,12H,3,10-11H2. The van der Waals surface area contributed by atoms with Crippen molar-refractivity contribution in [1.29, 1.82) is 0 Å². The lowest BCUT2D eigenvalue weighted by Gasteiger charge is -2.09. The highest BCUT2D eigenvalue weighted by atomic mass is 79.9. The fraction of sp³-hybridized carbons (Fsp3) is 0.176. The zero-order chi connectivity index (χ0) is 15.2. The second kappa shape index (κ2) is 7.22. The van der Waals surface area contributed by atoms with Gasteiger partial charge in [0.25, 0.3) is 0 Å². The van der Waals surface area contributed by atoms with Crippen molar-refractivity contribution >= 4 is 26.8 Å². The normalized spacial score (nSPS) is 10.6. The van der Waals surface area contributed by atoms with Gasteiger partial charge < -0.3 is 9.47 Å². The van der Waals surface area contributed by atoms with Crippen LogP contribution in [-0.4, -0.2) is 23.2 Å². The second-order valence-corrected chi connectivity index (χ2v) is 5.62. The second-order valence-electron chi connectivity index (χ2n) is 4.70. The first-order valence-corrected chi connectivity index (χ1v) is 7.83. The van der Waals surface area contributed by atoms with Crippen LogP contribution in [0.1, 0.15) is 6.42 Å². The molecule has 0 aliphatic heterocycles. The zero-order valence-corrected chi connectivity index (χ0v) is 13.5. The molecule has 3 rings (SSSR count). The largest absolute Gasteiger partial charge is 0.493 e. The van der Waals surface area contributed by atoms with Gasteiger partial charge in [-0.15, -0.1) is 0 Å². The van der Waals surface area contributed by atoms with E-state index in [0.29, 0.717) is 19.1 Å². The van der Waals surface area contributed by atoms with E-state index in [9.17, 15) is 0 Å². The van der Waals surface area contributed by atoms with Crippen LogP contribution >= 0.6 is 15.9 Å². The number of para-hydroxylation sites is 1. The number of rotatable bonds is 6. The molecule has 0 radical (unpaired) electrons. The molecule has 0 aliphatic rings. The minimum absolute atomic E-state index is 0.553. The van der Waals surface area contributed by atoms with E-state index in [2.05, 4.69) is 25.9 Å². The number of nitrogens with zero attached hydrogens (tertiary/aromatic N) is 2. The van der Waals surface area contributed by atoms with E-state index in [-0.39, 0.29) is 0 Å². The van der Waals surface area contributed by atoms with Gasteiger partial charge in [-0.3, -0.25) is 0 Å². The van der Waals surface area contributed by atoms with Crippen LogP contribution in [-0.2, 0) is 0 Å². The molecular weight excluding hydrogens is 344 g/mol. The molecule has 5 heteroatoms. The third-order valence-electron chi connectivity index (χ3n) is 3.12. The van der Waals surface area contributed by atoms with Gasteiger partial charge in [-0.1, -0.05) is 28.1 Å². The Kier molecular flexibility index (Phi) is 4.85. The van der Waals surface area contributed by atoms with Gasteiger partial charge in [0.05, 0.1) is 24.1 Å².